The van der Waals surface area contributed by atoms with Gasteiger partial charge in [0.2, 0.25) is 0 Å². The molecule has 1 aromatic rings. The van der Waals surface area contributed by atoms with E-state index in [2.05, 4.69) is 17.6 Å². The lowest BCUT2D eigenvalue weighted by molar-refractivity contribution is -0.385. The fraction of sp³-hybridized carbons (Fsp3) is 0.444. The Hall–Kier alpha value is -1.18. The Morgan fingerprint density at radius 2 is 2.25 bits per heavy atom. The predicted molar refractivity (Wildman–Crippen MR) is 60.4 cm³/mol. The fourth-order valence-corrected chi connectivity index (χ4v) is 1.42. The van der Waals surface area contributed by atoms with E-state index >= 15 is 0 Å². The highest BCUT2D eigenvalue weighted by molar-refractivity contribution is 7.80. The van der Waals surface area contributed by atoms with Gasteiger partial charge in [-0.1, -0.05) is 0 Å². The van der Waals surface area contributed by atoms with Gasteiger partial charge in [-0.05, 0) is 13.0 Å². The van der Waals surface area contributed by atoms with E-state index in [-0.39, 0.29) is 17.1 Å². The lowest BCUT2D eigenvalue weighted by Gasteiger charge is -2.15. The number of hydrogen-bond acceptors (Lipinski definition) is 6. The smallest absolute Gasteiger partial charge is 0.290 e. The summed E-state index contributed by atoms with van der Waals surface area (Å²) < 4.78 is 0. The van der Waals surface area contributed by atoms with Crippen molar-refractivity contribution in [3.8, 4) is 0 Å². The largest absolute Gasteiger partial charge is 0.389 e. The fourth-order valence-electron chi connectivity index (χ4n) is 1.22. The Labute approximate surface area is 97.5 Å². The minimum Gasteiger partial charge on any atom is -0.389 e. The summed E-state index contributed by atoms with van der Waals surface area (Å²) in [5.41, 5.74) is 0.473. The van der Waals surface area contributed by atoms with Crippen molar-refractivity contribution >= 4 is 18.3 Å². The van der Waals surface area contributed by atoms with Gasteiger partial charge in [0.25, 0.3) is 5.69 Å². The first kappa shape index (κ1) is 12.9. The van der Waals surface area contributed by atoms with E-state index in [1.54, 1.807) is 6.92 Å². The molecule has 1 heterocycles. The van der Waals surface area contributed by atoms with Crippen molar-refractivity contribution in [1.82, 2.24) is 4.98 Å². The van der Waals surface area contributed by atoms with Crippen LogP contribution in [0.5, 0.6) is 0 Å². The van der Waals surface area contributed by atoms with Gasteiger partial charge in [0, 0.05) is 11.3 Å². The summed E-state index contributed by atoms with van der Waals surface area (Å²) in [6, 6.07) is 1.38. The van der Waals surface area contributed by atoms with Crippen LogP contribution in [0.1, 0.15) is 17.4 Å². The van der Waals surface area contributed by atoms with Crippen molar-refractivity contribution in [2.45, 2.75) is 19.1 Å². The van der Waals surface area contributed by atoms with Crippen LogP contribution < -0.4 is 0 Å². The number of pyridine rings is 1. The molecule has 0 aliphatic heterocycles. The molecule has 0 saturated heterocycles. The molecule has 2 N–H and O–H groups in total. The molecule has 1 rings (SSSR count). The van der Waals surface area contributed by atoms with Crippen LogP contribution >= 0.6 is 12.6 Å². The van der Waals surface area contributed by atoms with E-state index in [4.69, 9.17) is 0 Å². The quantitative estimate of drug-likeness (QED) is 0.410. The van der Waals surface area contributed by atoms with E-state index in [1.165, 1.54) is 6.07 Å². The van der Waals surface area contributed by atoms with Gasteiger partial charge in [0.05, 0.1) is 16.7 Å². The van der Waals surface area contributed by atoms with Crippen molar-refractivity contribution in [2.75, 3.05) is 5.75 Å². The zero-order chi connectivity index (χ0) is 12.3. The maximum atomic E-state index is 10.5. The Kier molecular flexibility index (Phi) is 4.22. The Morgan fingerprint density at radius 1 is 1.62 bits per heavy atom. The van der Waals surface area contributed by atoms with Gasteiger partial charge in [0.15, 0.2) is 0 Å². The van der Waals surface area contributed by atoms with Gasteiger partial charge in [-0.25, -0.2) is 0 Å². The molecule has 0 saturated carbocycles. The van der Waals surface area contributed by atoms with E-state index in [9.17, 15) is 20.3 Å². The number of aromatic nitrogens is 1. The minimum atomic E-state index is -1.18. The second-order valence-corrected chi connectivity index (χ2v) is 3.71. The lowest BCUT2D eigenvalue weighted by Crippen LogP contribution is -2.20. The molecular weight excluding hydrogens is 232 g/mol. The standard InChI is InChI=1S/C9H12N2O4S/c1-5-2-6(9(13)8(12)4-16)10-3-7(5)11(14)15/h2-3,8-9,12-13,16H,4H2,1H3. The van der Waals surface area contributed by atoms with Crippen LogP contribution in [-0.2, 0) is 0 Å². The Bertz CT molecular complexity index is 399. The second-order valence-electron chi connectivity index (χ2n) is 3.35. The van der Waals surface area contributed by atoms with Crippen LogP contribution in [0.15, 0.2) is 12.3 Å². The molecule has 1 aromatic heterocycles. The van der Waals surface area contributed by atoms with Crippen molar-refractivity contribution in [3.63, 3.8) is 0 Å². The summed E-state index contributed by atoms with van der Waals surface area (Å²) in [5, 5.41) is 29.5. The average Bonchev–Trinajstić information content (AvgIpc) is 2.26. The van der Waals surface area contributed by atoms with Crippen molar-refractivity contribution in [2.24, 2.45) is 0 Å². The molecule has 0 aliphatic rings. The highest BCUT2D eigenvalue weighted by atomic mass is 32.1. The van der Waals surface area contributed by atoms with Crippen LogP contribution in [0.2, 0.25) is 0 Å². The summed E-state index contributed by atoms with van der Waals surface area (Å²) >= 11 is 3.84. The van der Waals surface area contributed by atoms with Gasteiger partial charge >= 0.3 is 0 Å². The average molecular weight is 244 g/mol. The number of aliphatic hydroxyl groups excluding tert-OH is 2. The number of rotatable bonds is 4. The highest BCUT2D eigenvalue weighted by Gasteiger charge is 2.20. The lowest BCUT2D eigenvalue weighted by atomic mass is 10.1. The molecule has 0 bridgehead atoms. The van der Waals surface area contributed by atoms with Crippen molar-refractivity contribution in [1.29, 1.82) is 0 Å². The number of hydrogen-bond donors (Lipinski definition) is 3. The first-order valence-electron chi connectivity index (χ1n) is 4.55. The SMILES string of the molecule is Cc1cc(C(O)C(O)CS)ncc1[N+](=O)[O-]. The number of nitro groups is 1. The monoisotopic (exact) mass is 244 g/mol. The van der Waals surface area contributed by atoms with Crippen molar-refractivity contribution < 1.29 is 15.1 Å². The maximum absolute atomic E-state index is 10.5. The van der Waals surface area contributed by atoms with Gasteiger partial charge in [-0.15, -0.1) is 0 Å². The molecule has 88 valence electrons. The van der Waals surface area contributed by atoms with Crippen LogP contribution in [0.25, 0.3) is 0 Å². The van der Waals surface area contributed by atoms with Crippen LogP contribution in [-0.4, -0.2) is 32.0 Å². The summed E-state index contributed by atoms with van der Waals surface area (Å²) in [6.45, 7) is 1.54. The molecule has 2 unspecified atom stereocenters. The number of thiol groups is 1. The molecule has 0 aliphatic carbocycles. The highest BCUT2D eigenvalue weighted by Crippen LogP contribution is 2.22. The molecule has 0 fully saturated rings. The second kappa shape index (κ2) is 5.24. The zero-order valence-corrected chi connectivity index (χ0v) is 9.46. The van der Waals surface area contributed by atoms with E-state index in [1.807, 2.05) is 0 Å². The minimum absolute atomic E-state index is 0.0822. The molecule has 0 amide bonds. The third-order valence-corrected chi connectivity index (χ3v) is 2.53. The molecule has 0 spiro atoms. The third-order valence-electron chi connectivity index (χ3n) is 2.16. The third kappa shape index (κ3) is 2.69. The molecular formula is C9H12N2O4S. The molecule has 6 nitrogen and oxygen atoms in total. The van der Waals surface area contributed by atoms with E-state index < -0.39 is 17.1 Å². The van der Waals surface area contributed by atoms with E-state index in [0.29, 0.717) is 5.56 Å². The zero-order valence-electron chi connectivity index (χ0n) is 8.57. The molecule has 16 heavy (non-hydrogen) atoms. The topological polar surface area (TPSA) is 96.5 Å². The normalized spacial score (nSPS) is 14.5. The molecule has 7 heteroatoms. The first-order valence-corrected chi connectivity index (χ1v) is 5.18. The number of aliphatic hydroxyl groups is 2. The summed E-state index contributed by atoms with van der Waals surface area (Å²) in [5.74, 6) is 0.0822. The predicted octanol–water partition coefficient (Wildman–Crippen LogP) is 0.622. The number of nitrogens with zero attached hydrogens (tertiary/aromatic N) is 2. The van der Waals surface area contributed by atoms with E-state index in [0.717, 1.165) is 6.20 Å². The first-order chi connectivity index (χ1) is 7.47. The van der Waals surface area contributed by atoms with Crippen LogP contribution in [0, 0.1) is 17.0 Å². The Morgan fingerprint density at radius 3 is 2.69 bits per heavy atom. The van der Waals surface area contributed by atoms with Crippen LogP contribution in [0.3, 0.4) is 0 Å². The summed E-state index contributed by atoms with van der Waals surface area (Å²) in [6.07, 6.45) is -1.16. The summed E-state index contributed by atoms with van der Waals surface area (Å²) in [4.78, 5) is 13.7. The van der Waals surface area contributed by atoms with Gasteiger partial charge in [0.1, 0.15) is 12.3 Å². The number of aryl methyl sites for hydroxylation is 1. The van der Waals surface area contributed by atoms with Crippen molar-refractivity contribution in [3.05, 3.63) is 33.6 Å². The molecule has 2 atom stereocenters. The maximum Gasteiger partial charge on any atom is 0.290 e. The van der Waals surface area contributed by atoms with Gasteiger partial charge in [-0.3, -0.25) is 15.1 Å². The van der Waals surface area contributed by atoms with Gasteiger partial charge < -0.3 is 10.2 Å². The van der Waals surface area contributed by atoms with Crippen LogP contribution in [0.4, 0.5) is 5.69 Å². The molecule has 0 aromatic carbocycles. The summed E-state index contributed by atoms with van der Waals surface area (Å²) in [7, 11) is 0. The Balaban J connectivity index is 3.01. The molecule has 0 radical (unpaired) electrons. The van der Waals surface area contributed by atoms with Gasteiger partial charge in [-0.2, -0.15) is 12.6 Å².